The van der Waals surface area contributed by atoms with Crippen LogP contribution in [0.25, 0.3) is 0 Å². The fraction of sp³-hybridized carbons (Fsp3) is 0.222. The van der Waals surface area contributed by atoms with Gasteiger partial charge in [-0.25, -0.2) is 0 Å². The molecule has 4 heteroatoms. The summed E-state index contributed by atoms with van der Waals surface area (Å²) >= 11 is 5.53. The summed E-state index contributed by atoms with van der Waals surface area (Å²) in [6.45, 7) is 1.53. The summed E-state index contributed by atoms with van der Waals surface area (Å²) in [5.41, 5.74) is 0.620. The summed E-state index contributed by atoms with van der Waals surface area (Å²) in [5, 5.41) is 0. The van der Waals surface area contributed by atoms with Crippen LogP contribution < -0.4 is 4.74 Å². The zero-order valence-electron chi connectivity index (χ0n) is 7.23. The van der Waals surface area contributed by atoms with E-state index in [1.165, 1.54) is 6.92 Å². The maximum Gasteiger partial charge on any atom is 0.163 e. The first kappa shape index (κ1) is 11.0. The summed E-state index contributed by atoms with van der Waals surface area (Å²) in [6, 6.07) is 3.62. The molecule has 0 fully saturated rings. The molecule has 1 rings (SSSR count). The van der Waals surface area contributed by atoms with Gasteiger partial charge in [0.25, 0.3) is 0 Å². The molecule has 0 aliphatic rings. The number of carbonyl (C=O) groups excluding carboxylic acids is 1. The predicted molar refractivity (Wildman–Crippen MR) is 63.4 cm³/mol. The third-order valence-corrected chi connectivity index (χ3v) is 3.91. The molecule has 0 heterocycles. The van der Waals surface area contributed by atoms with E-state index < -0.39 is 0 Å². The minimum atomic E-state index is 0.0160. The van der Waals surface area contributed by atoms with Crippen LogP contribution in [-0.4, -0.2) is 12.9 Å². The van der Waals surface area contributed by atoms with Crippen molar-refractivity contribution in [3.8, 4) is 5.75 Å². The Morgan fingerprint density at radius 3 is 2.62 bits per heavy atom. The summed E-state index contributed by atoms with van der Waals surface area (Å²) in [5.74, 6) is 0.627. The Morgan fingerprint density at radius 2 is 2.15 bits per heavy atom. The second-order valence-corrected chi connectivity index (χ2v) is 4.54. The summed E-state index contributed by atoms with van der Waals surface area (Å²) in [4.78, 5) is 11.2. The molecule has 0 radical (unpaired) electrons. The molecule has 0 saturated carbocycles. The van der Waals surface area contributed by atoms with Crippen molar-refractivity contribution in [3.63, 3.8) is 0 Å². The topological polar surface area (TPSA) is 26.3 Å². The molecule has 0 N–H and O–H groups in total. The van der Waals surface area contributed by atoms with Crippen LogP contribution in [0.3, 0.4) is 0 Å². The highest BCUT2D eigenvalue weighted by atomic mass is 127. The number of hydrogen-bond acceptors (Lipinski definition) is 2. The van der Waals surface area contributed by atoms with Gasteiger partial charge < -0.3 is 4.74 Å². The molecular formula is C9H8BrIO2. The SMILES string of the molecule is COc1cc(Br)c(I)cc1C(C)=O. The molecule has 2 nitrogen and oxygen atoms in total. The molecule has 0 amide bonds. The summed E-state index contributed by atoms with van der Waals surface area (Å²) in [6.07, 6.45) is 0. The van der Waals surface area contributed by atoms with Crippen molar-refractivity contribution in [3.05, 3.63) is 25.7 Å². The second-order valence-electron chi connectivity index (χ2n) is 2.52. The predicted octanol–water partition coefficient (Wildman–Crippen LogP) is 3.26. The third-order valence-electron chi connectivity index (χ3n) is 1.62. The van der Waals surface area contributed by atoms with Gasteiger partial charge in [-0.3, -0.25) is 4.79 Å². The number of benzene rings is 1. The zero-order chi connectivity index (χ0) is 10.0. The maximum absolute atomic E-state index is 11.2. The van der Waals surface area contributed by atoms with Crippen LogP contribution >= 0.6 is 38.5 Å². The quantitative estimate of drug-likeness (QED) is 0.602. The number of ether oxygens (including phenoxy) is 1. The average molecular weight is 355 g/mol. The first-order valence-corrected chi connectivity index (χ1v) is 5.47. The van der Waals surface area contributed by atoms with Gasteiger partial charge in [-0.2, -0.15) is 0 Å². The van der Waals surface area contributed by atoms with Crippen LogP contribution in [0, 0.1) is 3.57 Å². The van der Waals surface area contributed by atoms with Gasteiger partial charge in [0, 0.05) is 8.04 Å². The molecule has 0 spiro atoms. The molecule has 0 saturated heterocycles. The molecule has 13 heavy (non-hydrogen) atoms. The Labute approximate surface area is 98.9 Å². The standard InChI is InChI=1S/C9H8BrIO2/c1-5(12)6-3-8(11)7(10)4-9(6)13-2/h3-4H,1-2H3. The Balaban J connectivity index is 3.33. The van der Waals surface area contributed by atoms with Crippen LogP contribution in [0.2, 0.25) is 0 Å². The van der Waals surface area contributed by atoms with Crippen LogP contribution in [-0.2, 0) is 0 Å². The normalized spacial score (nSPS) is 9.85. The maximum atomic E-state index is 11.2. The highest BCUT2D eigenvalue weighted by molar-refractivity contribution is 14.1. The van der Waals surface area contributed by atoms with Crippen molar-refractivity contribution < 1.29 is 9.53 Å². The minimum Gasteiger partial charge on any atom is -0.496 e. The molecule has 0 bridgehead atoms. The van der Waals surface area contributed by atoms with Crippen LogP contribution in [0.1, 0.15) is 17.3 Å². The Morgan fingerprint density at radius 1 is 1.54 bits per heavy atom. The molecule has 0 aliphatic carbocycles. The number of ketones is 1. The number of rotatable bonds is 2. The molecule has 1 aromatic rings. The van der Waals surface area contributed by atoms with Crippen molar-refractivity contribution in [1.82, 2.24) is 0 Å². The lowest BCUT2D eigenvalue weighted by atomic mass is 10.1. The zero-order valence-corrected chi connectivity index (χ0v) is 11.0. The molecule has 0 aromatic heterocycles. The van der Waals surface area contributed by atoms with Gasteiger partial charge in [-0.05, 0) is 57.6 Å². The first-order valence-electron chi connectivity index (χ1n) is 3.60. The minimum absolute atomic E-state index is 0.0160. The monoisotopic (exact) mass is 354 g/mol. The largest absolute Gasteiger partial charge is 0.496 e. The highest BCUT2D eigenvalue weighted by Gasteiger charge is 2.10. The molecule has 0 unspecified atom stereocenters. The average Bonchev–Trinajstić information content (AvgIpc) is 2.08. The van der Waals surface area contributed by atoms with Crippen LogP contribution in [0.15, 0.2) is 16.6 Å². The number of hydrogen-bond donors (Lipinski definition) is 0. The van der Waals surface area contributed by atoms with E-state index >= 15 is 0 Å². The van der Waals surface area contributed by atoms with E-state index in [9.17, 15) is 4.79 Å². The Hall–Kier alpha value is -0.100. The van der Waals surface area contributed by atoms with E-state index in [0.717, 1.165) is 8.04 Å². The molecular weight excluding hydrogens is 347 g/mol. The second kappa shape index (κ2) is 4.41. The number of Topliss-reactive ketones (excluding diaryl/α,β-unsaturated/α-hetero) is 1. The van der Waals surface area contributed by atoms with E-state index in [-0.39, 0.29) is 5.78 Å². The Kier molecular flexibility index (Phi) is 3.73. The van der Waals surface area contributed by atoms with Gasteiger partial charge in [-0.1, -0.05) is 0 Å². The van der Waals surface area contributed by atoms with Gasteiger partial charge in [-0.15, -0.1) is 0 Å². The van der Waals surface area contributed by atoms with Crippen molar-refractivity contribution >= 4 is 44.3 Å². The smallest absolute Gasteiger partial charge is 0.163 e. The van der Waals surface area contributed by atoms with Gasteiger partial charge in [0.05, 0.1) is 12.7 Å². The van der Waals surface area contributed by atoms with Crippen LogP contribution in [0.5, 0.6) is 5.75 Å². The molecule has 0 atom stereocenters. The van der Waals surface area contributed by atoms with E-state index in [0.29, 0.717) is 11.3 Å². The lowest BCUT2D eigenvalue weighted by Gasteiger charge is -2.07. The van der Waals surface area contributed by atoms with Gasteiger partial charge in [0.15, 0.2) is 5.78 Å². The van der Waals surface area contributed by atoms with Crippen molar-refractivity contribution in [2.24, 2.45) is 0 Å². The fourth-order valence-corrected chi connectivity index (χ4v) is 1.76. The molecule has 70 valence electrons. The van der Waals surface area contributed by atoms with E-state index in [2.05, 4.69) is 38.5 Å². The first-order chi connectivity index (χ1) is 6.06. The van der Waals surface area contributed by atoms with Crippen molar-refractivity contribution in [2.75, 3.05) is 7.11 Å². The van der Waals surface area contributed by atoms with E-state index in [1.54, 1.807) is 13.2 Å². The van der Waals surface area contributed by atoms with Crippen molar-refractivity contribution in [2.45, 2.75) is 6.92 Å². The lowest BCUT2D eigenvalue weighted by molar-refractivity contribution is 0.101. The van der Waals surface area contributed by atoms with Crippen LogP contribution in [0.4, 0.5) is 0 Å². The van der Waals surface area contributed by atoms with Crippen molar-refractivity contribution in [1.29, 1.82) is 0 Å². The van der Waals surface area contributed by atoms with E-state index in [1.807, 2.05) is 6.07 Å². The van der Waals surface area contributed by atoms with Gasteiger partial charge in [0.2, 0.25) is 0 Å². The number of halogens is 2. The summed E-state index contributed by atoms with van der Waals surface area (Å²) in [7, 11) is 1.56. The number of carbonyl (C=O) groups is 1. The molecule has 1 aromatic carbocycles. The number of methoxy groups -OCH3 is 1. The summed E-state index contributed by atoms with van der Waals surface area (Å²) < 4.78 is 7.03. The fourth-order valence-electron chi connectivity index (χ4n) is 0.973. The Bertz CT molecular complexity index is 350. The van der Waals surface area contributed by atoms with E-state index in [4.69, 9.17) is 4.74 Å². The lowest BCUT2D eigenvalue weighted by Crippen LogP contribution is -1.98. The third kappa shape index (κ3) is 2.43. The molecule has 0 aliphatic heterocycles. The van der Waals surface area contributed by atoms with Gasteiger partial charge >= 0.3 is 0 Å². The van der Waals surface area contributed by atoms with Gasteiger partial charge in [0.1, 0.15) is 5.75 Å². The highest BCUT2D eigenvalue weighted by Crippen LogP contribution is 2.28.